The number of hydrogen-bond donors (Lipinski definition) is 0. The van der Waals surface area contributed by atoms with Gasteiger partial charge in [0.1, 0.15) is 28.2 Å². The monoisotopic (exact) mass is 1590 g/mol. The molecule has 3 fully saturated rings. The fraction of sp³-hybridized carbons (Fsp3) is 0.266. The molecule has 3 aliphatic carbocycles. The summed E-state index contributed by atoms with van der Waals surface area (Å²) >= 11 is 0. The molecule has 12 nitrogen and oxygen atoms in total. The van der Waals surface area contributed by atoms with Crippen molar-refractivity contribution < 1.29 is 41.4 Å². The van der Waals surface area contributed by atoms with E-state index < -0.39 is 23.6 Å². The molecule has 121 heavy (non-hydrogen) atoms. The number of hydrogen-bond acceptors (Lipinski definition) is 8. The van der Waals surface area contributed by atoms with Crippen LogP contribution in [0.5, 0.6) is 0 Å². The van der Waals surface area contributed by atoms with Crippen molar-refractivity contribution in [1.82, 2.24) is 19.9 Å². The number of aromatic nitrogens is 8. The van der Waals surface area contributed by atoms with Crippen LogP contribution < -0.4 is 18.3 Å². The Morgan fingerprint density at radius 1 is 0.322 bits per heavy atom. The van der Waals surface area contributed by atoms with Gasteiger partial charge in [-0.15, -0.1) is 0 Å². The maximum Gasteiger partial charge on any atom is 0.228 e. The molecule has 0 radical (unpaired) electrons. The van der Waals surface area contributed by atoms with E-state index in [9.17, 15) is 0 Å². The molecule has 23 rings (SSSR count). The maximum atomic E-state index is 9.17. The van der Waals surface area contributed by atoms with Crippen LogP contribution >= 0.6 is 0 Å². The van der Waals surface area contributed by atoms with Crippen LogP contribution in [-0.4, -0.2) is 19.9 Å². The SMILES string of the molecule is [2H]C(C)(C)c1cc[n+](C)c(-c2c(C)ccc3c2oc2ncc4ccccc4c23)c1.[2H]C1(c2cc[n+](C)c(-c3c(C)ccc4c3oc3nc(C)c5ccccc5c34)c2)CCCCC1.[2H]C1(c2cc[n+](C)c(-c3c(C)ccc4c3oc3ncc5ccccc5c34)c2)CCCC1.[2H]C1(c2cc[n+](C)c(-c3c(C)ccc4c3oc3ncc5ccccc5c34)c2)CCCCC1. The van der Waals surface area contributed by atoms with Gasteiger partial charge in [0.15, 0.2) is 47.1 Å². The number of pyridine rings is 8. The van der Waals surface area contributed by atoms with Gasteiger partial charge in [0.25, 0.3) is 0 Å². The standard InChI is InChI=1S/C29H29N2O.C28H27N2O.C27H25N2O.C25H23N2O/c1-18-13-14-24-27-23-12-8-7-11-22(23)19(2)30-29(27)32-28(24)26(18)25-17-21(15-16-31(25)3)20-9-5-4-6-10-20;1-18-12-13-23-26-22-11-7-6-10-21(22)17-29-28(26)31-27(23)25(18)24-16-20(14-15-30(24)2)19-8-4-3-5-9-19;1-17-11-12-22-25-21-10-6-5-9-20(21)16-28-27(25)30-26(22)24(17)23-15-19(13-14-29(23)2)18-7-3-4-8-18;1-15(2)17-11-12-27(4)21(13-17)22-16(3)9-10-20-23-19-8-6-5-7-18(19)14-26-25(23)28-24(20)22/h7-8,11-17,20H,4-6,9-10H2,1-3H3;6-7,10-17,19H,3-5,8-9H2,1-2H3;5-6,9-16,18H,3-4,7-8H2,1-2H3;5-15H,1-4H3/q4*+1/i20D;19D;18D;15D. The third-order valence-electron chi connectivity index (χ3n) is 26.2. The van der Waals surface area contributed by atoms with Crippen molar-refractivity contribution in [2.24, 2.45) is 28.2 Å². The Hall–Kier alpha value is -12.8. The highest BCUT2D eigenvalue weighted by molar-refractivity contribution is 6.23. The van der Waals surface area contributed by atoms with Crippen LogP contribution in [0.2, 0.25) is 0 Å². The van der Waals surface area contributed by atoms with Crippen molar-refractivity contribution in [3.63, 3.8) is 0 Å². The molecular formula is C109H104N8O4+4. The fourth-order valence-corrected chi connectivity index (χ4v) is 19.6. The molecule has 0 unspecified atom stereocenters. The zero-order valence-electron chi connectivity index (χ0n) is 75.1. The summed E-state index contributed by atoms with van der Waals surface area (Å²) in [6, 6.07) is 67.8. The zero-order valence-corrected chi connectivity index (χ0v) is 71.1. The lowest BCUT2D eigenvalue weighted by Gasteiger charge is -2.21. The first-order valence-electron chi connectivity index (χ1n) is 45.2. The molecule has 0 N–H and O–H groups in total. The summed E-state index contributed by atoms with van der Waals surface area (Å²) in [5.41, 5.74) is 24.7. The second-order valence-corrected chi connectivity index (χ2v) is 34.2. The molecule has 12 heteroatoms. The van der Waals surface area contributed by atoms with E-state index in [0.29, 0.717) is 22.9 Å². The van der Waals surface area contributed by atoms with Crippen LogP contribution in [0, 0.1) is 34.6 Å². The normalized spacial score (nSPS) is 15.8. The van der Waals surface area contributed by atoms with Crippen LogP contribution in [0.3, 0.4) is 0 Å². The highest BCUT2D eigenvalue weighted by Gasteiger charge is 2.31. The summed E-state index contributed by atoms with van der Waals surface area (Å²) < 4.78 is 70.0. The van der Waals surface area contributed by atoms with Gasteiger partial charge in [-0.3, -0.25) is 0 Å². The summed E-state index contributed by atoms with van der Waals surface area (Å²) in [6.07, 6.45) is 28.9. The van der Waals surface area contributed by atoms with Gasteiger partial charge in [-0.2, -0.15) is 0 Å². The highest BCUT2D eigenvalue weighted by atomic mass is 16.4. The van der Waals surface area contributed by atoms with Crippen molar-refractivity contribution in [2.75, 3.05) is 0 Å². The minimum Gasteiger partial charge on any atom is -0.437 e. The van der Waals surface area contributed by atoms with Crippen LogP contribution in [0.15, 0.2) is 255 Å². The quantitative estimate of drug-likeness (QED) is 0.138. The molecule has 3 saturated carbocycles. The van der Waals surface area contributed by atoms with E-state index >= 15 is 0 Å². The minimum atomic E-state index is -0.670. The van der Waals surface area contributed by atoms with Gasteiger partial charge in [-0.05, 0) is 163 Å². The van der Waals surface area contributed by atoms with E-state index in [1.165, 1.54) is 18.2 Å². The van der Waals surface area contributed by atoms with E-state index in [2.05, 4.69) is 271 Å². The van der Waals surface area contributed by atoms with Crippen molar-refractivity contribution in [2.45, 2.75) is 162 Å². The average Bonchev–Trinajstić information content (AvgIpc) is 1.60. The molecule has 3 aliphatic rings. The van der Waals surface area contributed by atoms with Gasteiger partial charge in [-0.25, -0.2) is 38.2 Å². The summed E-state index contributed by atoms with van der Waals surface area (Å²) in [6.45, 7) is 14.4. The second-order valence-electron chi connectivity index (χ2n) is 34.2. The summed E-state index contributed by atoms with van der Waals surface area (Å²) in [7, 11) is 8.25. The lowest BCUT2D eigenvalue weighted by Crippen LogP contribution is -2.31. The Labute approximate surface area is 711 Å². The predicted molar refractivity (Wildman–Crippen MR) is 493 cm³/mol. The van der Waals surface area contributed by atoms with E-state index in [1.54, 1.807) is 0 Å². The Balaban J connectivity index is 0.000000105. The molecule has 0 spiro atoms. The molecule has 0 atom stereocenters. The molecule has 12 aromatic heterocycles. The number of benzene rings is 8. The van der Waals surface area contributed by atoms with Crippen molar-refractivity contribution in [1.29, 1.82) is 0 Å². The smallest absolute Gasteiger partial charge is 0.228 e. The molecule has 0 saturated heterocycles. The number of nitrogens with zero attached hydrogens (tertiary/aromatic N) is 8. The van der Waals surface area contributed by atoms with Crippen molar-refractivity contribution in [3.05, 3.63) is 288 Å². The van der Waals surface area contributed by atoms with Gasteiger partial charge in [0, 0.05) is 121 Å². The molecule has 12 heterocycles. The predicted octanol–water partition coefficient (Wildman–Crippen LogP) is 26.9. The molecule has 8 aromatic carbocycles. The molecule has 0 amide bonds. The number of fused-ring (bicyclic) bond motifs is 20. The second kappa shape index (κ2) is 31.7. The van der Waals surface area contributed by atoms with E-state index in [4.69, 9.17) is 28.1 Å². The topological polar surface area (TPSA) is 120 Å². The molecule has 20 aromatic rings. The Morgan fingerprint density at radius 2 is 0.612 bits per heavy atom. The first-order chi connectivity index (χ1) is 60.4. The summed E-state index contributed by atoms with van der Waals surface area (Å²) in [5, 5.41) is 17.8. The third kappa shape index (κ3) is 13.8. The molecule has 0 aliphatic heterocycles. The Bertz CT molecular complexity index is 7740. The van der Waals surface area contributed by atoms with Gasteiger partial charge in [-0.1, -0.05) is 211 Å². The Kier molecular flexibility index (Phi) is 18.9. The van der Waals surface area contributed by atoms with Crippen LogP contribution in [-0.2, 0) is 28.2 Å². The van der Waals surface area contributed by atoms with E-state index in [1.807, 2.05) is 76.9 Å². The van der Waals surface area contributed by atoms with E-state index in [-0.39, 0.29) is 0 Å². The number of rotatable bonds is 8. The summed E-state index contributed by atoms with van der Waals surface area (Å²) in [5.74, 6) is -2.13. The lowest BCUT2D eigenvalue weighted by atomic mass is 9.84. The maximum absolute atomic E-state index is 9.17. The first-order valence-corrected chi connectivity index (χ1v) is 43.2. The van der Waals surface area contributed by atoms with Crippen molar-refractivity contribution >= 4 is 131 Å². The average molecular weight is 1590 g/mol. The van der Waals surface area contributed by atoms with E-state index in [0.717, 1.165) is 275 Å². The fourth-order valence-electron chi connectivity index (χ4n) is 19.6. The van der Waals surface area contributed by atoms with Crippen molar-refractivity contribution in [3.8, 4) is 45.0 Å². The van der Waals surface area contributed by atoms with Gasteiger partial charge >= 0.3 is 0 Å². The number of aryl methyl sites for hydroxylation is 9. The largest absolute Gasteiger partial charge is 0.437 e. The van der Waals surface area contributed by atoms with Gasteiger partial charge in [0.2, 0.25) is 45.6 Å². The zero-order chi connectivity index (χ0) is 86.1. The van der Waals surface area contributed by atoms with Crippen LogP contribution in [0.25, 0.3) is 176 Å². The van der Waals surface area contributed by atoms with Gasteiger partial charge in [0.05, 0.1) is 43.8 Å². The highest BCUT2D eigenvalue weighted by Crippen LogP contribution is 2.47. The molecular weight excluding hydrogens is 1490 g/mol. The minimum absolute atomic E-state index is 0.476. The first kappa shape index (κ1) is 72.2. The third-order valence-corrected chi connectivity index (χ3v) is 26.2. The van der Waals surface area contributed by atoms with Gasteiger partial charge < -0.3 is 17.7 Å². The number of furan rings is 4. The molecule has 600 valence electrons. The molecule has 0 bridgehead atoms. The van der Waals surface area contributed by atoms with Crippen LogP contribution in [0.4, 0.5) is 0 Å². The lowest BCUT2D eigenvalue weighted by molar-refractivity contribution is -0.660. The Morgan fingerprint density at radius 3 is 0.959 bits per heavy atom. The summed E-state index contributed by atoms with van der Waals surface area (Å²) in [4.78, 5) is 18.7. The van der Waals surface area contributed by atoms with Crippen LogP contribution in [0.1, 0.15) is 183 Å².